The van der Waals surface area contributed by atoms with Crippen LogP contribution in [0, 0.1) is 12.7 Å². The normalized spacial score (nSPS) is 10.8. The minimum Gasteiger partial charge on any atom is -0.321 e. The minimum atomic E-state index is -0.454. The van der Waals surface area contributed by atoms with E-state index in [1.54, 1.807) is 12.1 Å². The van der Waals surface area contributed by atoms with Gasteiger partial charge in [0.15, 0.2) is 5.16 Å². The number of aromatic nitrogens is 3. The molecule has 31 heavy (non-hydrogen) atoms. The molecule has 0 aliphatic carbocycles. The number of nitrogens with one attached hydrogen (secondary N) is 1. The third-order valence-electron chi connectivity index (χ3n) is 4.49. The predicted octanol–water partition coefficient (Wildman–Crippen LogP) is 5.94. The van der Waals surface area contributed by atoms with Gasteiger partial charge in [-0.3, -0.25) is 4.79 Å². The number of anilines is 1. The molecule has 0 atom stereocenters. The van der Waals surface area contributed by atoms with Gasteiger partial charge in [-0.2, -0.15) is 4.98 Å². The van der Waals surface area contributed by atoms with Gasteiger partial charge in [0.05, 0.1) is 12.2 Å². The van der Waals surface area contributed by atoms with Crippen LogP contribution in [0.4, 0.5) is 10.1 Å². The van der Waals surface area contributed by atoms with E-state index in [1.807, 2.05) is 29.8 Å². The van der Waals surface area contributed by atoms with Gasteiger partial charge >= 0.3 is 0 Å². The van der Waals surface area contributed by atoms with Crippen LogP contribution >= 0.6 is 27.7 Å². The Hall–Kier alpha value is -2.97. The van der Waals surface area contributed by atoms with E-state index in [-0.39, 0.29) is 11.5 Å². The SMILES string of the molecule is Cc1ccc(Cn2nc(Br)nc2Sc2ccccc2NC(=O)c2cccc(F)c2)cc1. The van der Waals surface area contributed by atoms with Gasteiger partial charge in [-0.25, -0.2) is 9.07 Å². The molecule has 5 nitrogen and oxygen atoms in total. The van der Waals surface area contributed by atoms with Crippen LogP contribution in [0.2, 0.25) is 0 Å². The van der Waals surface area contributed by atoms with Gasteiger partial charge in [0, 0.05) is 10.5 Å². The lowest BCUT2D eigenvalue weighted by Gasteiger charge is -2.11. The fraction of sp³-hybridized carbons (Fsp3) is 0.0870. The molecule has 8 heteroatoms. The number of benzene rings is 3. The molecule has 0 saturated heterocycles. The van der Waals surface area contributed by atoms with Crippen molar-refractivity contribution in [2.24, 2.45) is 0 Å². The summed E-state index contributed by atoms with van der Waals surface area (Å²) in [6.07, 6.45) is 0. The Balaban J connectivity index is 1.57. The Kier molecular flexibility index (Phi) is 6.48. The molecule has 4 rings (SSSR count). The van der Waals surface area contributed by atoms with Gasteiger partial charge in [-0.05, 0) is 70.5 Å². The van der Waals surface area contributed by atoms with Crippen LogP contribution < -0.4 is 5.32 Å². The highest BCUT2D eigenvalue weighted by Crippen LogP contribution is 2.33. The van der Waals surface area contributed by atoms with Gasteiger partial charge in [0.25, 0.3) is 5.91 Å². The van der Waals surface area contributed by atoms with E-state index in [0.29, 0.717) is 22.1 Å². The molecule has 0 radical (unpaired) electrons. The number of hydrogen-bond acceptors (Lipinski definition) is 4. The Morgan fingerprint density at radius 1 is 1.10 bits per heavy atom. The van der Waals surface area contributed by atoms with Crippen molar-refractivity contribution in [3.8, 4) is 0 Å². The van der Waals surface area contributed by atoms with Crippen LogP contribution in [0.25, 0.3) is 0 Å². The number of para-hydroxylation sites is 1. The average molecular weight is 497 g/mol. The number of nitrogens with zero attached hydrogens (tertiary/aromatic N) is 3. The predicted molar refractivity (Wildman–Crippen MR) is 123 cm³/mol. The first kappa shape index (κ1) is 21.3. The molecule has 0 unspecified atom stereocenters. The number of halogens is 2. The average Bonchev–Trinajstić information content (AvgIpc) is 3.09. The number of hydrogen-bond donors (Lipinski definition) is 1. The zero-order valence-corrected chi connectivity index (χ0v) is 19.0. The van der Waals surface area contributed by atoms with E-state index >= 15 is 0 Å². The number of carbonyl (C=O) groups is 1. The number of rotatable bonds is 6. The summed E-state index contributed by atoms with van der Waals surface area (Å²) in [4.78, 5) is 17.9. The Morgan fingerprint density at radius 2 is 1.87 bits per heavy atom. The van der Waals surface area contributed by atoms with Crippen LogP contribution in [0.3, 0.4) is 0 Å². The maximum absolute atomic E-state index is 13.5. The van der Waals surface area contributed by atoms with E-state index in [1.165, 1.54) is 35.5 Å². The van der Waals surface area contributed by atoms with E-state index in [0.717, 1.165) is 10.5 Å². The largest absolute Gasteiger partial charge is 0.321 e. The second kappa shape index (κ2) is 9.45. The summed E-state index contributed by atoms with van der Waals surface area (Å²) in [5, 5.41) is 7.99. The molecule has 3 aromatic carbocycles. The smallest absolute Gasteiger partial charge is 0.255 e. The van der Waals surface area contributed by atoms with Crippen LogP contribution in [0.5, 0.6) is 0 Å². The Labute approximate surface area is 191 Å². The van der Waals surface area contributed by atoms with Gasteiger partial charge in [-0.15, -0.1) is 5.10 Å². The summed E-state index contributed by atoms with van der Waals surface area (Å²) in [5.41, 5.74) is 3.17. The molecule has 0 bridgehead atoms. The summed E-state index contributed by atoms with van der Waals surface area (Å²) < 4.78 is 15.8. The molecule has 1 N–H and O–H groups in total. The standard InChI is InChI=1S/C23H18BrFN4OS/c1-15-9-11-16(12-10-15)14-29-23(27-22(24)28-29)31-20-8-3-2-7-19(20)26-21(30)17-5-4-6-18(25)13-17/h2-13H,14H2,1H3,(H,26,30). The molecule has 4 aromatic rings. The van der Waals surface area contributed by atoms with E-state index in [4.69, 9.17) is 0 Å². The molecule has 156 valence electrons. The third-order valence-corrected chi connectivity index (χ3v) is 5.88. The van der Waals surface area contributed by atoms with E-state index < -0.39 is 5.82 Å². The number of aryl methyl sites for hydroxylation is 1. The van der Waals surface area contributed by atoms with Crippen LogP contribution in [-0.4, -0.2) is 20.7 Å². The van der Waals surface area contributed by atoms with Crippen LogP contribution in [0.1, 0.15) is 21.5 Å². The van der Waals surface area contributed by atoms with Crippen molar-refractivity contribution >= 4 is 39.3 Å². The maximum Gasteiger partial charge on any atom is 0.255 e. The minimum absolute atomic E-state index is 0.255. The number of carbonyl (C=O) groups excluding carboxylic acids is 1. The lowest BCUT2D eigenvalue weighted by molar-refractivity contribution is 0.102. The van der Waals surface area contributed by atoms with Crippen molar-refractivity contribution in [2.75, 3.05) is 5.32 Å². The first-order valence-corrected chi connectivity index (χ1v) is 11.1. The van der Waals surface area contributed by atoms with Gasteiger partial charge in [0.2, 0.25) is 4.73 Å². The third kappa shape index (κ3) is 5.39. The molecular weight excluding hydrogens is 479 g/mol. The highest BCUT2D eigenvalue weighted by molar-refractivity contribution is 9.10. The quantitative estimate of drug-likeness (QED) is 0.358. The number of amides is 1. The summed E-state index contributed by atoms with van der Waals surface area (Å²) in [5.74, 6) is -0.834. The lowest BCUT2D eigenvalue weighted by atomic mass is 10.1. The van der Waals surface area contributed by atoms with Crippen molar-refractivity contribution in [1.29, 1.82) is 0 Å². The first-order chi connectivity index (χ1) is 15.0. The highest BCUT2D eigenvalue weighted by Gasteiger charge is 2.15. The maximum atomic E-state index is 13.5. The molecule has 0 aliphatic heterocycles. The molecule has 1 aromatic heterocycles. The van der Waals surface area contributed by atoms with Crippen molar-refractivity contribution in [3.63, 3.8) is 0 Å². The fourth-order valence-corrected chi connectivity index (χ4v) is 4.32. The van der Waals surface area contributed by atoms with Crippen molar-refractivity contribution < 1.29 is 9.18 Å². The summed E-state index contributed by atoms with van der Waals surface area (Å²) in [6, 6.07) is 21.3. The first-order valence-electron chi connectivity index (χ1n) is 9.47. The van der Waals surface area contributed by atoms with Crippen molar-refractivity contribution in [1.82, 2.24) is 14.8 Å². The summed E-state index contributed by atoms with van der Waals surface area (Å²) in [6.45, 7) is 2.62. The van der Waals surface area contributed by atoms with Gasteiger partial charge in [0.1, 0.15) is 5.82 Å². The molecule has 1 heterocycles. The second-order valence-electron chi connectivity index (χ2n) is 6.87. The van der Waals surface area contributed by atoms with Crippen molar-refractivity contribution in [2.45, 2.75) is 23.5 Å². The second-order valence-corrected chi connectivity index (χ2v) is 8.59. The molecule has 0 aliphatic rings. The summed E-state index contributed by atoms with van der Waals surface area (Å²) >= 11 is 4.75. The molecular formula is C23H18BrFN4OS. The Morgan fingerprint density at radius 3 is 2.65 bits per heavy atom. The zero-order valence-electron chi connectivity index (χ0n) is 16.5. The summed E-state index contributed by atoms with van der Waals surface area (Å²) in [7, 11) is 0. The molecule has 0 spiro atoms. The molecule has 0 fully saturated rings. The highest BCUT2D eigenvalue weighted by atomic mass is 79.9. The van der Waals surface area contributed by atoms with Crippen LogP contribution in [-0.2, 0) is 6.54 Å². The van der Waals surface area contributed by atoms with Crippen LogP contribution in [0.15, 0.2) is 87.6 Å². The van der Waals surface area contributed by atoms with Crippen molar-refractivity contribution in [3.05, 3.63) is 100 Å². The Bertz CT molecular complexity index is 1230. The zero-order chi connectivity index (χ0) is 21.8. The van der Waals surface area contributed by atoms with Gasteiger partial charge < -0.3 is 5.32 Å². The van der Waals surface area contributed by atoms with E-state index in [2.05, 4.69) is 55.6 Å². The topological polar surface area (TPSA) is 59.8 Å². The van der Waals surface area contributed by atoms with Gasteiger partial charge in [-0.1, -0.05) is 48.0 Å². The fourth-order valence-electron chi connectivity index (χ4n) is 2.93. The monoisotopic (exact) mass is 496 g/mol. The molecule has 1 amide bonds. The lowest BCUT2D eigenvalue weighted by Crippen LogP contribution is -2.12. The van der Waals surface area contributed by atoms with E-state index in [9.17, 15) is 9.18 Å². The molecule has 0 saturated carbocycles.